The summed E-state index contributed by atoms with van der Waals surface area (Å²) in [5.74, 6) is -0.260. The number of carbonyl (C=O) groups is 1. The molecule has 1 amide bonds. The molecule has 0 saturated heterocycles. The van der Waals surface area contributed by atoms with Crippen LogP contribution in [-0.4, -0.2) is 22.2 Å². The van der Waals surface area contributed by atoms with E-state index in [0.29, 0.717) is 23.9 Å². The summed E-state index contributed by atoms with van der Waals surface area (Å²) in [5, 5.41) is 5.38. The van der Waals surface area contributed by atoms with Gasteiger partial charge in [0.25, 0.3) is 11.5 Å². The Morgan fingerprint density at radius 1 is 1.12 bits per heavy atom. The number of amides is 1. The van der Waals surface area contributed by atoms with Crippen molar-refractivity contribution in [3.8, 4) is 0 Å². The molecule has 1 aromatic heterocycles. The van der Waals surface area contributed by atoms with Gasteiger partial charge in [-0.2, -0.15) is 5.10 Å². The molecule has 2 aromatic carbocycles. The summed E-state index contributed by atoms with van der Waals surface area (Å²) < 4.78 is 1.33. The molecule has 0 spiro atoms. The number of para-hydroxylation sites is 1. The Bertz CT molecular complexity index is 977. The first-order valence-electron chi connectivity index (χ1n) is 8.15. The van der Waals surface area contributed by atoms with Crippen LogP contribution < -0.4 is 10.5 Å². The van der Waals surface area contributed by atoms with E-state index in [1.165, 1.54) is 4.68 Å². The Labute approximate surface area is 145 Å². The highest BCUT2D eigenvalue weighted by Crippen LogP contribution is 2.20. The van der Waals surface area contributed by atoms with Gasteiger partial charge < -0.3 is 4.90 Å². The molecule has 0 atom stereocenters. The van der Waals surface area contributed by atoms with Crippen LogP contribution in [-0.2, 0) is 6.54 Å². The number of aromatic nitrogens is 2. The van der Waals surface area contributed by atoms with Crippen molar-refractivity contribution in [2.24, 2.45) is 0 Å². The van der Waals surface area contributed by atoms with Gasteiger partial charge in [-0.15, -0.1) is 6.58 Å². The fraction of sp³-hybridized carbons (Fsp3) is 0.150. The van der Waals surface area contributed by atoms with E-state index in [0.717, 1.165) is 5.69 Å². The molecule has 0 aliphatic heterocycles. The van der Waals surface area contributed by atoms with Gasteiger partial charge in [0.15, 0.2) is 5.69 Å². The van der Waals surface area contributed by atoms with Gasteiger partial charge in [0, 0.05) is 24.2 Å². The lowest BCUT2D eigenvalue weighted by Crippen LogP contribution is -2.34. The maximum Gasteiger partial charge on any atom is 0.279 e. The van der Waals surface area contributed by atoms with Gasteiger partial charge in [0.2, 0.25) is 0 Å². The largest absolute Gasteiger partial charge is 0.303 e. The standard InChI is InChI=1S/C20H19N3O2/c1-3-14-22(15-10-6-5-7-11-15)20(25)18-16-12-8-9-13-17(16)19(24)23(4-2)21-18/h3,5-13H,1,4,14H2,2H3. The average molecular weight is 333 g/mol. The Kier molecular flexibility index (Phi) is 4.75. The van der Waals surface area contributed by atoms with E-state index in [1.54, 1.807) is 35.2 Å². The lowest BCUT2D eigenvalue weighted by molar-refractivity contribution is 0.0984. The zero-order valence-electron chi connectivity index (χ0n) is 14.1. The van der Waals surface area contributed by atoms with Gasteiger partial charge in [0.1, 0.15) is 0 Å². The molecule has 0 saturated carbocycles. The molecule has 5 heteroatoms. The van der Waals surface area contributed by atoms with Crippen LogP contribution in [0.1, 0.15) is 17.4 Å². The van der Waals surface area contributed by atoms with Crippen molar-refractivity contribution in [3.05, 3.63) is 83.3 Å². The fourth-order valence-corrected chi connectivity index (χ4v) is 2.78. The molecule has 5 nitrogen and oxygen atoms in total. The van der Waals surface area contributed by atoms with Crippen LogP contribution in [0.5, 0.6) is 0 Å². The number of hydrogen-bond donors (Lipinski definition) is 0. The molecule has 0 aliphatic carbocycles. The first-order chi connectivity index (χ1) is 12.2. The fourth-order valence-electron chi connectivity index (χ4n) is 2.78. The summed E-state index contributed by atoms with van der Waals surface area (Å²) in [5.41, 5.74) is 0.833. The first kappa shape index (κ1) is 16.6. The molecular weight excluding hydrogens is 314 g/mol. The second kappa shape index (κ2) is 7.13. The molecule has 0 unspecified atom stereocenters. The van der Waals surface area contributed by atoms with E-state index in [2.05, 4.69) is 11.7 Å². The second-order valence-corrected chi connectivity index (χ2v) is 5.56. The number of rotatable bonds is 5. The molecule has 0 aliphatic rings. The average Bonchev–Trinajstić information content (AvgIpc) is 2.67. The van der Waals surface area contributed by atoms with Crippen molar-refractivity contribution in [2.45, 2.75) is 13.5 Å². The molecule has 0 fully saturated rings. The molecule has 3 rings (SSSR count). The van der Waals surface area contributed by atoms with Crippen molar-refractivity contribution in [1.82, 2.24) is 9.78 Å². The predicted octanol–water partition coefficient (Wildman–Crippen LogP) is 3.25. The number of fused-ring (bicyclic) bond motifs is 1. The van der Waals surface area contributed by atoms with Gasteiger partial charge in [-0.1, -0.05) is 42.5 Å². The SMILES string of the molecule is C=CCN(C(=O)c1nn(CC)c(=O)c2ccccc12)c1ccccc1. The molecular formula is C20H19N3O2. The molecule has 3 aromatic rings. The van der Waals surface area contributed by atoms with Gasteiger partial charge in [-0.3, -0.25) is 9.59 Å². The molecule has 126 valence electrons. The van der Waals surface area contributed by atoms with Gasteiger partial charge in [-0.25, -0.2) is 4.68 Å². The third kappa shape index (κ3) is 3.08. The Morgan fingerprint density at radius 3 is 2.40 bits per heavy atom. The number of aryl methyl sites for hydroxylation is 1. The van der Waals surface area contributed by atoms with Crippen molar-refractivity contribution in [2.75, 3.05) is 11.4 Å². The van der Waals surface area contributed by atoms with Crippen molar-refractivity contribution in [3.63, 3.8) is 0 Å². The van der Waals surface area contributed by atoms with Crippen LogP contribution in [0.3, 0.4) is 0 Å². The summed E-state index contributed by atoms with van der Waals surface area (Å²) in [6, 6.07) is 16.4. The monoisotopic (exact) mass is 333 g/mol. The van der Waals surface area contributed by atoms with Gasteiger partial charge in [-0.05, 0) is 25.1 Å². The predicted molar refractivity (Wildman–Crippen MR) is 100.0 cm³/mol. The minimum atomic E-state index is -0.260. The Hall–Kier alpha value is -3.21. The van der Waals surface area contributed by atoms with E-state index in [1.807, 2.05) is 37.3 Å². The van der Waals surface area contributed by atoms with E-state index in [-0.39, 0.29) is 17.2 Å². The second-order valence-electron chi connectivity index (χ2n) is 5.56. The number of nitrogens with zero attached hydrogens (tertiary/aromatic N) is 3. The minimum Gasteiger partial charge on any atom is -0.303 e. The van der Waals surface area contributed by atoms with E-state index >= 15 is 0 Å². The zero-order chi connectivity index (χ0) is 17.8. The van der Waals surface area contributed by atoms with Crippen LogP contribution >= 0.6 is 0 Å². The molecule has 0 radical (unpaired) electrons. The Morgan fingerprint density at radius 2 is 1.76 bits per heavy atom. The number of hydrogen-bond acceptors (Lipinski definition) is 3. The van der Waals surface area contributed by atoms with Crippen molar-refractivity contribution < 1.29 is 4.79 Å². The number of anilines is 1. The lowest BCUT2D eigenvalue weighted by Gasteiger charge is -2.22. The zero-order valence-corrected chi connectivity index (χ0v) is 14.1. The van der Waals surface area contributed by atoms with E-state index in [9.17, 15) is 9.59 Å². The first-order valence-corrected chi connectivity index (χ1v) is 8.15. The highest BCUT2D eigenvalue weighted by Gasteiger charge is 2.22. The highest BCUT2D eigenvalue weighted by atomic mass is 16.2. The smallest absolute Gasteiger partial charge is 0.279 e. The van der Waals surface area contributed by atoms with Crippen LogP contribution in [0.25, 0.3) is 10.8 Å². The summed E-state index contributed by atoms with van der Waals surface area (Å²) in [4.78, 5) is 27.3. The van der Waals surface area contributed by atoms with Crippen LogP contribution in [0.2, 0.25) is 0 Å². The van der Waals surface area contributed by atoms with Crippen LogP contribution in [0.4, 0.5) is 5.69 Å². The summed E-state index contributed by atoms with van der Waals surface area (Å²) in [6.45, 7) is 6.32. The van der Waals surface area contributed by atoms with E-state index < -0.39 is 0 Å². The quantitative estimate of drug-likeness (QED) is 0.674. The normalized spacial score (nSPS) is 10.6. The number of benzene rings is 2. The van der Waals surface area contributed by atoms with E-state index in [4.69, 9.17) is 0 Å². The lowest BCUT2D eigenvalue weighted by atomic mass is 10.1. The van der Waals surface area contributed by atoms with Gasteiger partial charge in [0.05, 0.1) is 5.39 Å². The minimum absolute atomic E-state index is 0.190. The number of carbonyl (C=O) groups excluding carboxylic acids is 1. The van der Waals surface area contributed by atoms with Gasteiger partial charge >= 0.3 is 0 Å². The molecule has 0 bridgehead atoms. The Balaban J connectivity index is 2.20. The maximum absolute atomic E-state index is 13.2. The summed E-state index contributed by atoms with van der Waals surface area (Å²) in [6.07, 6.45) is 1.67. The molecule has 25 heavy (non-hydrogen) atoms. The third-order valence-corrected chi connectivity index (χ3v) is 3.99. The summed E-state index contributed by atoms with van der Waals surface area (Å²) >= 11 is 0. The topological polar surface area (TPSA) is 55.2 Å². The van der Waals surface area contributed by atoms with Crippen LogP contribution in [0.15, 0.2) is 72.0 Å². The van der Waals surface area contributed by atoms with Crippen LogP contribution in [0, 0.1) is 0 Å². The van der Waals surface area contributed by atoms with Crippen molar-refractivity contribution >= 4 is 22.4 Å². The van der Waals surface area contributed by atoms with Crippen molar-refractivity contribution in [1.29, 1.82) is 0 Å². The maximum atomic E-state index is 13.2. The summed E-state index contributed by atoms with van der Waals surface area (Å²) in [7, 11) is 0. The third-order valence-electron chi connectivity index (χ3n) is 3.99. The molecule has 1 heterocycles. The highest BCUT2D eigenvalue weighted by molar-refractivity contribution is 6.12. The molecule has 0 N–H and O–H groups in total.